The quantitative estimate of drug-likeness (QED) is 0.130. The fourth-order valence-corrected chi connectivity index (χ4v) is 13.9. The van der Waals surface area contributed by atoms with Gasteiger partial charge in [-0.3, -0.25) is 19.9 Å². The molecule has 0 unspecified atom stereocenters. The van der Waals surface area contributed by atoms with Crippen molar-refractivity contribution in [1.82, 2.24) is 68.1 Å². The zero-order chi connectivity index (χ0) is 61.8. The van der Waals surface area contributed by atoms with E-state index in [0.29, 0.717) is 68.8 Å². The van der Waals surface area contributed by atoms with E-state index in [9.17, 15) is 0 Å². The van der Waals surface area contributed by atoms with Crippen LogP contribution in [0.4, 0.5) is 0 Å². The van der Waals surface area contributed by atoms with E-state index in [1.165, 1.54) is 0 Å². The minimum absolute atomic E-state index is 0.375. The van der Waals surface area contributed by atoms with Crippen LogP contribution in [0.25, 0.3) is 179 Å². The number of nitrogens with zero attached hydrogens (tertiary/aromatic N) is 14. The second-order valence-electron chi connectivity index (χ2n) is 23.1. The maximum Gasteiger partial charge on any atom is 0.168 e. The Bertz CT molecular complexity index is 5270. The molecule has 94 heavy (non-hydrogen) atoms. The molecular weight excluding hydrogens is 1160 g/mol. The smallest absolute Gasteiger partial charge is 0.168 e. The molecule has 0 aliphatic heterocycles. The molecule has 438 valence electrons. The maximum atomic E-state index is 5.90. The molecule has 0 saturated heterocycles. The minimum atomic E-state index is 0.375. The molecule has 0 saturated carbocycles. The van der Waals surface area contributed by atoms with Crippen LogP contribution in [0.5, 0.6) is 0 Å². The Kier molecular flexibility index (Phi) is 11.9. The van der Waals surface area contributed by atoms with Crippen molar-refractivity contribution in [1.29, 1.82) is 0 Å². The molecule has 0 bridgehead atoms. The summed E-state index contributed by atoms with van der Waals surface area (Å²) in [5, 5.41) is 3.74. The van der Waals surface area contributed by atoms with E-state index in [-0.39, 0.29) is 0 Å². The Hall–Kier alpha value is -13.2. The van der Waals surface area contributed by atoms with Gasteiger partial charge in [-0.05, 0) is 72.8 Å². The Balaban J connectivity index is 1.19. The third kappa shape index (κ3) is 8.09. The molecule has 10 heterocycles. The van der Waals surface area contributed by atoms with Crippen LogP contribution in [0, 0.1) is 0 Å². The SMILES string of the molecule is c1ccc(-c2nc(-c3ccccc3)nc(-c3c(-n4c5ccccc5c5ncccc54)c(-n4c5ccccc5c5ncccc54)c(-c4nc(-c5ccccc5)nc(-c5ccccc5)n4)c(-n4c5ccccc5c5ncccc54)c3-n3c4ccccc4c4ncccc43)n2)cc1. The van der Waals surface area contributed by atoms with Crippen molar-refractivity contribution in [2.75, 3.05) is 0 Å². The van der Waals surface area contributed by atoms with Crippen LogP contribution in [0.3, 0.4) is 0 Å². The molecule has 9 aromatic carbocycles. The van der Waals surface area contributed by atoms with E-state index in [4.69, 9.17) is 49.8 Å². The van der Waals surface area contributed by atoms with Crippen LogP contribution >= 0.6 is 0 Å². The van der Waals surface area contributed by atoms with Crippen molar-refractivity contribution < 1.29 is 0 Å². The first-order chi connectivity index (χ1) is 46.7. The van der Waals surface area contributed by atoms with Gasteiger partial charge in [-0.15, -0.1) is 0 Å². The molecule has 0 N–H and O–H groups in total. The molecule has 10 aromatic heterocycles. The second-order valence-corrected chi connectivity index (χ2v) is 23.1. The van der Waals surface area contributed by atoms with Crippen LogP contribution < -0.4 is 0 Å². The molecule has 0 aliphatic rings. The molecule has 0 fully saturated rings. The summed E-state index contributed by atoms with van der Waals surface area (Å²) < 4.78 is 9.45. The average Bonchev–Trinajstić information content (AvgIpc) is 1.40. The van der Waals surface area contributed by atoms with E-state index in [2.05, 4.69) is 188 Å². The normalized spacial score (nSPS) is 11.8. The monoisotopic (exact) mass is 1200 g/mol. The van der Waals surface area contributed by atoms with Crippen molar-refractivity contribution in [2.24, 2.45) is 0 Å². The van der Waals surface area contributed by atoms with Crippen molar-refractivity contribution in [3.05, 3.63) is 292 Å². The first-order valence-electron chi connectivity index (χ1n) is 31.1. The highest BCUT2D eigenvalue weighted by atomic mass is 15.2. The first-order valence-corrected chi connectivity index (χ1v) is 31.1. The lowest BCUT2D eigenvalue weighted by Crippen LogP contribution is -2.18. The van der Waals surface area contributed by atoms with E-state index in [1.54, 1.807) is 0 Å². The molecule has 19 aromatic rings. The standard InChI is InChI=1S/C80H48N14/c1-5-25-49(26-6-1)75-85-76(50-27-7-2-8-28-50)88-79(87-75)65-71(91-57-37-17-13-33-53(57)67-61(91)41-21-45-81-67)73(93-59-39-19-15-35-55(59)69-63(93)43-23-47-83-69)66(80-89-77(51-29-9-3-10-30-51)86-78(90-80)52-31-11-4-12-32-52)74(94-60-40-20-16-36-56(60)70-64(94)44-24-48-84-70)72(65)92-58-38-18-14-34-54(58)68-62(92)42-22-46-82-68/h1-48H. The molecule has 19 rings (SSSR count). The minimum Gasteiger partial charge on any atom is -0.305 e. The highest BCUT2D eigenvalue weighted by Crippen LogP contribution is 2.54. The summed E-state index contributed by atoms with van der Waals surface area (Å²) >= 11 is 0. The van der Waals surface area contributed by atoms with E-state index in [1.807, 2.05) is 122 Å². The summed E-state index contributed by atoms with van der Waals surface area (Å²) in [7, 11) is 0. The van der Waals surface area contributed by atoms with Gasteiger partial charge in [0.15, 0.2) is 34.9 Å². The third-order valence-corrected chi connectivity index (χ3v) is 17.8. The summed E-state index contributed by atoms with van der Waals surface area (Å²) in [6.45, 7) is 0. The van der Waals surface area contributed by atoms with Gasteiger partial charge < -0.3 is 18.3 Å². The number of hydrogen-bond acceptors (Lipinski definition) is 10. The predicted octanol–water partition coefficient (Wildman–Crippen LogP) is 18.0. The van der Waals surface area contributed by atoms with Crippen molar-refractivity contribution in [2.45, 2.75) is 0 Å². The van der Waals surface area contributed by atoms with Gasteiger partial charge in [-0.1, -0.05) is 194 Å². The van der Waals surface area contributed by atoms with Crippen LogP contribution in [-0.4, -0.2) is 68.1 Å². The maximum absolute atomic E-state index is 5.90. The van der Waals surface area contributed by atoms with Crippen LogP contribution in [0.1, 0.15) is 0 Å². The summed E-state index contributed by atoms with van der Waals surface area (Å²) in [5.41, 5.74) is 17.2. The topological polar surface area (TPSA) is 149 Å². The Labute approximate surface area is 535 Å². The second kappa shape index (κ2) is 21.2. The molecule has 0 spiro atoms. The Morgan fingerprint density at radius 2 is 0.383 bits per heavy atom. The lowest BCUT2D eigenvalue weighted by molar-refractivity contribution is 1.00. The fraction of sp³-hybridized carbons (Fsp3) is 0. The summed E-state index contributed by atoms with van der Waals surface area (Å²) in [6, 6.07) is 91.3. The third-order valence-electron chi connectivity index (χ3n) is 17.8. The molecule has 14 nitrogen and oxygen atoms in total. The Morgan fingerprint density at radius 3 is 0.628 bits per heavy atom. The average molecular weight is 1210 g/mol. The van der Waals surface area contributed by atoms with Crippen LogP contribution in [0.2, 0.25) is 0 Å². The number of pyridine rings is 4. The van der Waals surface area contributed by atoms with Crippen molar-refractivity contribution in [3.8, 4) is 91.1 Å². The van der Waals surface area contributed by atoms with Gasteiger partial charge in [0, 0.05) is 68.6 Å². The molecule has 0 atom stereocenters. The largest absolute Gasteiger partial charge is 0.305 e. The highest BCUT2D eigenvalue weighted by Gasteiger charge is 2.38. The van der Waals surface area contributed by atoms with Gasteiger partial charge >= 0.3 is 0 Å². The van der Waals surface area contributed by atoms with Gasteiger partial charge in [0.25, 0.3) is 0 Å². The van der Waals surface area contributed by atoms with Gasteiger partial charge in [-0.2, -0.15) is 0 Å². The molecule has 0 aliphatic carbocycles. The number of benzene rings is 9. The van der Waals surface area contributed by atoms with E-state index >= 15 is 0 Å². The number of fused-ring (bicyclic) bond motifs is 12. The fourth-order valence-electron chi connectivity index (χ4n) is 13.9. The summed E-state index contributed by atoms with van der Waals surface area (Å²) in [4.78, 5) is 55.5. The zero-order valence-electron chi connectivity index (χ0n) is 50.0. The summed E-state index contributed by atoms with van der Waals surface area (Å²) in [5.74, 6) is 2.64. The molecule has 0 radical (unpaired) electrons. The van der Waals surface area contributed by atoms with Crippen molar-refractivity contribution >= 4 is 87.7 Å². The van der Waals surface area contributed by atoms with Crippen LogP contribution in [-0.2, 0) is 0 Å². The van der Waals surface area contributed by atoms with E-state index in [0.717, 1.165) is 110 Å². The lowest BCUT2D eigenvalue weighted by Gasteiger charge is -2.30. The van der Waals surface area contributed by atoms with Gasteiger partial charge in [0.2, 0.25) is 0 Å². The first kappa shape index (κ1) is 52.7. The number of aromatic nitrogens is 14. The summed E-state index contributed by atoms with van der Waals surface area (Å²) in [6.07, 6.45) is 7.47. The Morgan fingerprint density at radius 1 is 0.181 bits per heavy atom. The predicted molar refractivity (Wildman–Crippen MR) is 374 cm³/mol. The molecule has 14 heteroatoms. The highest BCUT2D eigenvalue weighted by molar-refractivity contribution is 6.17. The lowest BCUT2D eigenvalue weighted by atomic mass is 9.95. The van der Waals surface area contributed by atoms with Gasteiger partial charge in [0.05, 0.1) is 100 Å². The molecule has 0 amide bonds. The molecular formula is C80H48N14. The van der Waals surface area contributed by atoms with Crippen molar-refractivity contribution in [3.63, 3.8) is 0 Å². The van der Waals surface area contributed by atoms with Gasteiger partial charge in [-0.25, -0.2) is 29.9 Å². The number of hydrogen-bond donors (Lipinski definition) is 0. The number of para-hydroxylation sites is 4. The number of rotatable bonds is 10. The zero-order valence-corrected chi connectivity index (χ0v) is 50.0. The van der Waals surface area contributed by atoms with E-state index < -0.39 is 0 Å². The van der Waals surface area contributed by atoms with Crippen LogP contribution in [0.15, 0.2) is 292 Å². The van der Waals surface area contributed by atoms with Gasteiger partial charge in [0.1, 0.15) is 0 Å².